The number of nitrogens with one attached hydrogen (secondary N) is 1. The molecular weight excluding hydrogens is 299 g/mol. The summed E-state index contributed by atoms with van der Waals surface area (Å²) in [4.78, 5) is 11.5. The molecule has 0 saturated carbocycles. The zero-order valence-corrected chi connectivity index (χ0v) is 10.7. The van der Waals surface area contributed by atoms with Crippen LogP contribution in [-0.2, 0) is 0 Å². The number of hydrogen-bond acceptors (Lipinski definition) is 1. The molecule has 1 rings (SSSR count). The van der Waals surface area contributed by atoms with Gasteiger partial charge in [-0.25, -0.2) is 4.39 Å². The first kappa shape index (κ1) is 13.8. The van der Waals surface area contributed by atoms with Crippen molar-refractivity contribution in [3.05, 3.63) is 35.6 Å². The van der Waals surface area contributed by atoms with Crippen molar-refractivity contribution < 1.29 is 9.18 Å². The molecule has 88 valence electrons. The van der Waals surface area contributed by atoms with E-state index in [2.05, 4.69) is 5.32 Å². The Bertz CT molecular complexity index is 376. The van der Waals surface area contributed by atoms with Crippen LogP contribution in [0.4, 0.5) is 4.39 Å². The third-order valence-electron chi connectivity index (χ3n) is 1.65. The van der Waals surface area contributed by atoms with Gasteiger partial charge in [0.15, 0.2) is 5.50 Å². The van der Waals surface area contributed by atoms with E-state index >= 15 is 0 Å². The van der Waals surface area contributed by atoms with E-state index in [1.165, 1.54) is 12.1 Å². The molecule has 1 unspecified atom stereocenters. The average molecular weight is 305 g/mol. The minimum absolute atomic E-state index is 0.223. The van der Waals surface area contributed by atoms with Gasteiger partial charge in [0.25, 0.3) is 5.91 Å². The van der Waals surface area contributed by atoms with E-state index in [4.69, 9.17) is 46.4 Å². The van der Waals surface area contributed by atoms with E-state index in [1.807, 2.05) is 0 Å². The summed E-state index contributed by atoms with van der Waals surface area (Å²) in [7, 11) is 0. The molecule has 0 bridgehead atoms. The highest BCUT2D eigenvalue weighted by Gasteiger charge is 2.32. The first-order valence-corrected chi connectivity index (χ1v) is 5.65. The second-order valence-electron chi connectivity index (χ2n) is 2.88. The summed E-state index contributed by atoms with van der Waals surface area (Å²) in [6, 6.07) is 4.89. The number of halogens is 5. The molecule has 0 spiro atoms. The van der Waals surface area contributed by atoms with Gasteiger partial charge >= 0.3 is 0 Å². The number of hydrogen-bond donors (Lipinski definition) is 1. The predicted octanol–water partition coefficient (Wildman–Crippen LogP) is 3.49. The molecule has 0 radical (unpaired) electrons. The van der Waals surface area contributed by atoms with Crippen LogP contribution in [0.25, 0.3) is 0 Å². The van der Waals surface area contributed by atoms with Crippen LogP contribution in [0.5, 0.6) is 0 Å². The Morgan fingerprint density at radius 1 is 1.25 bits per heavy atom. The van der Waals surface area contributed by atoms with Gasteiger partial charge < -0.3 is 5.32 Å². The molecule has 0 aliphatic carbocycles. The van der Waals surface area contributed by atoms with Gasteiger partial charge in [-0.1, -0.05) is 46.4 Å². The van der Waals surface area contributed by atoms with Gasteiger partial charge in [0, 0.05) is 5.56 Å². The van der Waals surface area contributed by atoms with Crippen LogP contribution in [0.3, 0.4) is 0 Å². The molecule has 0 aromatic heterocycles. The van der Waals surface area contributed by atoms with Crippen LogP contribution in [0.1, 0.15) is 10.4 Å². The first-order chi connectivity index (χ1) is 7.30. The average Bonchev–Trinajstić information content (AvgIpc) is 2.17. The summed E-state index contributed by atoms with van der Waals surface area (Å²) >= 11 is 22.0. The SMILES string of the molecule is O=C(NC(Cl)C(Cl)(Cl)Cl)c1ccc(F)cc1. The Morgan fingerprint density at radius 3 is 2.19 bits per heavy atom. The molecule has 1 amide bonds. The lowest BCUT2D eigenvalue weighted by atomic mass is 10.2. The van der Waals surface area contributed by atoms with Crippen molar-refractivity contribution in [3.63, 3.8) is 0 Å². The molecule has 1 atom stereocenters. The number of carbonyl (C=O) groups excluding carboxylic acids is 1. The summed E-state index contributed by atoms with van der Waals surface area (Å²) < 4.78 is 10.8. The Labute approximate surface area is 112 Å². The minimum atomic E-state index is -1.81. The zero-order chi connectivity index (χ0) is 12.3. The second-order valence-corrected chi connectivity index (χ2v) is 5.69. The molecule has 1 aromatic rings. The van der Waals surface area contributed by atoms with Crippen LogP contribution in [-0.4, -0.2) is 15.2 Å². The van der Waals surface area contributed by atoms with Crippen molar-refractivity contribution in [1.82, 2.24) is 5.32 Å². The maximum Gasteiger partial charge on any atom is 0.252 e. The van der Waals surface area contributed by atoms with Gasteiger partial charge in [-0.3, -0.25) is 4.79 Å². The Morgan fingerprint density at radius 2 is 1.75 bits per heavy atom. The highest BCUT2D eigenvalue weighted by Crippen LogP contribution is 2.32. The number of rotatable bonds is 2. The predicted molar refractivity (Wildman–Crippen MR) is 63.8 cm³/mol. The lowest BCUT2D eigenvalue weighted by Gasteiger charge is -2.19. The van der Waals surface area contributed by atoms with Crippen molar-refractivity contribution in [2.45, 2.75) is 9.29 Å². The van der Waals surface area contributed by atoms with Crippen molar-refractivity contribution in [2.75, 3.05) is 0 Å². The third kappa shape index (κ3) is 3.98. The number of carbonyl (C=O) groups is 1. The van der Waals surface area contributed by atoms with Crippen molar-refractivity contribution in [3.8, 4) is 0 Å². The van der Waals surface area contributed by atoms with Gasteiger partial charge in [0.05, 0.1) is 0 Å². The zero-order valence-electron chi connectivity index (χ0n) is 7.68. The van der Waals surface area contributed by atoms with E-state index in [9.17, 15) is 9.18 Å². The molecule has 7 heteroatoms. The van der Waals surface area contributed by atoms with Gasteiger partial charge in [-0.15, -0.1) is 0 Å². The molecule has 16 heavy (non-hydrogen) atoms. The molecule has 2 nitrogen and oxygen atoms in total. The molecule has 0 fully saturated rings. The summed E-state index contributed by atoms with van der Waals surface area (Å²) in [5, 5.41) is 2.26. The highest BCUT2D eigenvalue weighted by atomic mass is 35.6. The first-order valence-electron chi connectivity index (χ1n) is 4.08. The van der Waals surface area contributed by atoms with Gasteiger partial charge in [-0.2, -0.15) is 0 Å². The molecule has 1 aromatic carbocycles. The quantitative estimate of drug-likeness (QED) is 0.658. The Balaban J connectivity index is 2.70. The maximum absolute atomic E-state index is 12.6. The van der Waals surface area contributed by atoms with Gasteiger partial charge in [-0.05, 0) is 24.3 Å². The highest BCUT2D eigenvalue weighted by molar-refractivity contribution is 6.70. The topological polar surface area (TPSA) is 29.1 Å². The molecule has 1 N–H and O–H groups in total. The fraction of sp³-hybridized carbons (Fsp3) is 0.222. The minimum Gasteiger partial charge on any atom is -0.332 e. The molecule has 0 saturated heterocycles. The van der Waals surface area contributed by atoms with E-state index in [-0.39, 0.29) is 5.56 Å². The number of benzene rings is 1. The summed E-state index contributed by atoms with van der Waals surface area (Å²) in [5.41, 5.74) is -0.948. The smallest absolute Gasteiger partial charge is 0.252 e. The van der Waals surface area contributed by atoms with Crippen molar-refractivity contribution >= 4 is 52.3 Å². The van der Waals surface area contributed by atoms with Crippen LogP contribution in [0, 0.1) is 5.82 Å². The molecular formula is C9H6Cl4FNO. The van der Waals surface area contributed by atoms with Crippen LogP contribution >= 0.6 is 46.4 Å². The summed E-state index contributed by atoms with van der Waals surface area (Å²) in [6.45, 7) is 0. The normalized spacial score (nSPS) is 13.3. The molecule has 0 heterocycles. The fourth-order valence-electron chi connectivity index (χ4n) is 0.882. The van der Waals surface area contributed by atoms with Crippen LogP contribution in [0.15, 0.2) is 24.3 Å². The largest absolute Gasteiger partial charge is 0.332 e. The second kappa shape index (κ2) is 5.41. The van der Waals surface area contributed by atoms with E-state index < -0.39 is 21.0 Å². The standard InChI is InChI=1S/C9H6Cl4FNO/c10-8(9(11,12)13)15-7(16)5-1-3-6(14)4-2-5/h1-4,8H,(H,15,16). The number of alkyl halides is 4. The van der Waals surface area contributed by atoms with E-state index in [1.54, 1.807) is 0 Å². The Hall–Kier alpha value is -0.220. The van der Waals surface area contributed by atoms with Crippen molar-refractivity contribution in [2.24, 2.45) is 0 Å². The summed E-state index contributed by atoms with van der Waals surface area (Å²) in [6.07, 6.45) is 0. The lowest BCUT2D eigenvalue weighted by Crippen LogP contribution is -2.39. The third-order valence-corrected chi connectivity index (χ3v) is 3.08. The van der Waals surface area contributed by atoms with E-state index in [0.29, 0.717) is 0 Å². The van der Waals surface area contributed by atoms with Crippen molar-refractivity contribution in [1.29, 1.82) is 0 Å². The number of amides is 1. The molecule has 0 aliphatic rings. The lowest BCUT2D eigenvalue weighted by molar-refractivity contribution is 0.0949. The summed E-state index contributed by atoms with van der Waals surface area (Å²) in [5.74, 6) is -0.994. The van der Waals surface area contributed by atoms with E-state index in [0.717, 1.165) is 12.1 Å². The van der Waals surface area contributed by atoms with Gasteiger partial charge in [0.2, 0.25) is 3.79 Å². The molecule has 0 aliphatic heterocycles. The Kier molecular flexibility index (Phi) is 4.68. The van der Waals surface area contributed by atoms with Crippen LogP contribution < -0.4 is 5.32 Å². The fourth-order valence-corrected chi connectivity index (χ4v) is 1.14. The van der Waals surface area contributed by atoms with Crippen LogP contribution in [0.2, 0.25) is 0 Å². The van der Waals surface area contributed by atoms with Gasteiger partial charge in [0.1, 0.15) is 5.82 Å². The maximum atomic E-state index is 12.6. The monoisotopic (exact) mass is 303 g/mol.